The number of nitriles is 2. The molecule has 2 aliphatic carbocycles. The molecule has 5 heteroatoms. The zero-order valence-electron chi connectivity index (χ0n) is 10.9. The van der Waals surface area contributed by atoms with Gasteiger partial charge in [0.05, 0.1) is 29.5 Å². The topological polar surface area (TPSA) is 81.5 Å². The fourth-order valence-corrected chi connectivity index (χ4v) is 4.71. The van der Waals surface area contributed by atoms with E-state index in [0.717, 1.165) is 12.8 Å². The van der Waals surface area contributed by atoms with Crippen LogP contribution in [0.1, 0.15) is 26.7 Å². The highest BCUT2D eigenvalue weighted by molar-refractivity contribution is 6.04. The van der Waals surface area contributed by atoms with Crippen molar-refractivity contribution in [1.82, 2.24) is 0 Å². The first-order valence-electron chi connectivity index (χ1n) is 6.68. The van der Waals surface area contributed by atoms with Gasteiger partial charge in [-0.25, -0.2) is 9.98 Å². The second-order valence-electron chi connectivity index (χ2n) is 6.35. The van der Waals surface area contributed by atoms with Crippen molar-refractivity contribution in [2.45, 2.75) is 38.3 Å². The fourth-order valence-electron chi connectivity index (χ4n) is 4.71. The van der Waals surface area contributed by atoms with Gasteiger partial charge in [-0.2, -0.15) is 10.5 Å². The van der Waals surface area contributed by atoms with Gasteiger partial charge in [-0.3, -0.25) is 0 Å². The summed E-state index contributed by atoms with van der Waals surface area (Å²) in [6.07, 6.45) is 1.62. The Hall–Kier alpha value is -1.88. The van der Waals surface area contributed by atoms with E-state index < -0.39 is 11.0 Å². The highest BCUT2D eigenvalue weighted by Gasteiger charge is 2.74. The van der Waals surface area contributed by atoms with Gasteiger partial charge in [0.15, 0.2) is 11.4 Å². The van der Waals surface area contributed by atoms with Crippen LogP contribution >= 0.6 is 0 Å². The quantitative estimate of drug-likeness (QED) is 0.659. The van der Waals surface area contributed by atoms with Crippen LogP contribution in [0.2, 0.25) is 0 Å². The molecule has 19 heavy (non-hydrogen) atoms. The minimum atomic E-state index is -0.680. The molecule has 5 aliphatic rings. The molecule has 5 nitrogen and oxygen atoms in total. The number of fused-ring (bicyclic) bond motifs is 1. The largest absolute Gasteiger partial charge is 0.427 e. The van der Waals surface area contributed by atoms with E-state index in [1.165, 1.54) is 0 Å². The van der Waals surface area contributed by atoms with Crippen molar-refractivity contribution in [3.8, 4) is 12.1 Å². The lowest BCUT2D eigenvalue weighted by Gasteiger charge is -2.63. The zero-order chi connectivity index (χ0) is 13.4. The predicted octanol–water partition coefficient (Wildman–Crippen LogP) is 1.66. The molecular weight excluding hydrogens is 240 g/mol. The van der Waals surface area contributed by atoms with Crippen LogP contribution in [0.4, 0.5) is 0 Å². The first-order valence-corrected chi connectivity index (χ1v) is 6.68. The minimum absolute atomic E-state index is 0.0818. The van der Waals surface area contributed by atoms with Gasteiger partial charge in [-0.05, 0) is 25.7 Å². The van der Waals surface area contributed by atoms with Crippen LogP contribution < -0.4 is 0 Å². The summed E-state index contributed by atoms with van der Waals surface area (Å²) in [5.41, 5.74) is -1.09. The second-order valence-corrected chi connectivity index (χ2v) is 6.35. The van der Waals surface area contributed by atoms with Crippen LogP contribution in [0.15, 0.2) is 9.98 Å². The first-order chi connectivity index (χ1) is 9.05. The molecule has 0 amide bonds. The third-order valence-electron chi connectivity index (χ3n) is 5.37. The lowest BCUT2D eigenvalue weighted by Crippen LogP contribution is -2.71. The van der Waals surface area contributed by atoms with Gasteiger partial charge < -0.3 is 4.74 Å². The molecule has 0 N–H and O–H groups in total. The molecule has 5 rings (SSSR count). The third kappa shape index (κ3) is 0.985. The monoisotopic (exact) mass is 254 g/mol. The van der Waals surface area contributed by atoms with Gasteiger partial charge in [0.25, 0.3) is 0 Å². The van der Waals surface area contributed by atoms with Crippen LogP contribution in [0.25, 0.3) is 0 Å². The van der Waals surface area contributed by atoms with E-state index in [4.69, 9.17) is 4.74 Å². The van der Waals surface area contributed by atoms with Crippen LogP contribution in [-0.4, -0.2) is 23.4 Å². The lowest BCUT2D eigenvalue weighted by molar-refractivity contribution is -0.0833. The normalized spacial score (nSPS) is 52.6. The Balaban J connectivity index is 1.94. The summed E-state index contributed by atoms with van der Waals surface area (Å²) < 4.78 is 5.65. The van der Waals surface area contributed by atoms with Crippen molar-refractivity contribution in [3.05, 3.63) is 0 Å². The molecule has 2 saturated carbocycles. The van der Waals surface area contributed by atoms with Gasteiger partial charge in [0, 0.05) is 12.8 Å². The number of hydrogen-bond donors (Lipinski definition) is 0. The van der Waals surface area contributed by atoms with Crippen LogP contribution in [0.3, 0.4) is 0 Å². The average molecular weight is 254 g/mol. The number of aliphatic imine (C=N–C) groups is 2. The molecule has 2 fully saturated rings. The molecule has 0 unspecified atom stereocenters. The van der Waals surface area contributed by atoms with E-state index >= 15 is 0 Å². The van der Waals surface area contributed by atoms with Crippen molar-refractivity contribution in [2.24, 2.45) is 33.2 Å². The van der Waals surface area contributed by atoms with E-state index in [9.17, 15) is 10.5 Å². The average Bonchev–Trinajstić information content (AvgIpc) is 2.70. The molecule has 3 aliphatic heterocycles. The summed E-state index contributed by atoms with van der Waals surface area (Å²) in [6, 6.07) is 4.96. The Kier molecular flexibility index (Phi) is 1.73. The summed E-state index contributed by atoms with van der Waals surface area (Å²) in [5.74, 6) is 1.42. The summed E-state index contributed by atoms with van der Waals surface area (Å²) in [6.45, 7) is 3.79. The summed E-state index contributed by atoms with van der Waals surface area (Å²) >= 11 is 0. The van der Waals surface area contributed by atoms with Gasteiger partial charge in [0.1, 0.15) is 0 Å². The molecule has 0 aromatic rings. The molecule has 3 heterocycles. The SMILES string of the molecule is CC1=N[C@]23C(=N[C@H](C[C@@H]2C#N)[C@H]2C[C@@](C)(C#N)[C@H]23)O1. The Morgan fingerprint density at radius 1 is 1.42 bits per heavy atom. The van der Waals surface area contributed by atoms with Gasteiger partial charge in [0.2, 0.25) is 5.90 Å². The lowest BCUT2D eigenvalue weighted by atomic mass is 9.41. The smallest absolute Gasteiger partial charge is 0.221 e. The van der Waals surface area contributed by atoms with E-state index in [1.807, 2.05) is 6.92 Å². The van der Waals surface area contributed by atoms with Gasteiger partial charge in [-0.15, -0.1) is 0 Å². The van der Waals surface area contributed by atoms with E-state index in [-0.39, 0.29) is 17.9 Å². The van der Waals surface area contributed by atoms with Crippen molar-refractivity contribution in [3.63, 3.8) is 0 Å². The van der Waals surface area contributed by atoms with E-state index in [2.05, 4.69) is 22.1 Å². The van der Waals surface area contributed by atoms with Crippen LogP contribution in [0.5, 0.6) is 0 Å². The zero-order valence-corrected chi connectivity index (χ0v) is 10.9. The van der Waals surface area contributed by atoms with Gasteiger partial charge in [-0.1, -0.05) is 0 Å². The molecule has 0 radical (unpaired) electrons. The van der Waals surface area contributed by atoms with Crippen LogP contribution in [0, 0.1) is 45.8 Å². The minimum Gasteiger partial charge on any atom is -0.427 e. The maximum atomic E-state index is 9.50. The highest BCUT2D eigenvalue weighted by atomic mass is 16.5. The Morgan fingerprint density at radius 2 is 2.21 bits per heavy atom. The second kappa shape index (κ2) is 2.99. The number of ether oxygens (including phenoxy) is 1. The maximum absolute atomic E-state index is 9.50. The molecule has 0 saturated heterocycles. The van der Waals surface area contributed by atoms with Crippen molar-refractivity contribution in [2.75, 3.05) is 0 Å². The molecule has 2 bridgehead atoms. The number of rotatable bonds is 0. The molecule has 6 atom stereocenters. The number of hydrogen-bond acceptors (Lipinski definition) is 5. The van der Waals surface area contributed by atoms with E-state index in [0.29, 0.717) is 17.7 Å². The molecule has 0 aromatic heterocycles. The molecule has 1 spiro atoms. The fraction of sp³-hybridized carbons (Fsp3) is 0.714. The molecular formula is C14H14N4O. The maximum Gasteiger partial charge on any atom is 0.221 e. The number of nitrogens with zero attached hydrogens (tertiary/aromatic N) is 4. The van der Waals surface area contributed by atoms with Gasteiger partial charge >= 0.3 is 0 Å². The summed E-state index contributed by atoms with van der Waals surface area (Å²) in [7, 11) is 0. The Labute approximate surface area is 111 Å². The highest BCUT2D eigenvalue weighted by Crippen LogP contribution is 2.67. The van der Waals surface area contributed by atoms with Crippen molar-refractivity contribution < 1.29 is 4.74 Å². The summed E-state index contributed by atoms with van der Waals surface area (Å²) in [4.78, 5) is 9.32. The first kappa shape index (κ1) is 11.0. The predicted molar refractivity (Wildman–Crippen MR) is 67.2 cm³/mol. The Morgan fingerprint density at radius 3 is 2.89 bits per heavy atom. The molecule has 96 valence electrons. The van der Waals surface area contributed by atoms with Crippen LogP contribution in [-0.2, 0) is 4.74 Å². The molecule has 0 aromatic carbocycles. The summed E-state index contributed by atoms with van der Waals surface area (Å²) in [5, 5.41) is 19.0. The third-order valence-corrected chi connectivity index (χ3v) is 5.37. The Bertz CT molecular complexity index is 624. The van der Waals surface area contributed by atoms with Crippen molar-refractivity contribution in [1.29, 1.82) is 10.5 Å². The standard InChI is InChI=1S/C14H14N4O/c1-7-18-14-8(5-15)3-10(17-12(14)19-7)9-4-13(2,6-16)11(9)14/h8-11H,3-4H2,1-2H3/t8-,9-,10-,11+,13+,14-/m1/s1. The van der Waals surface area contributed by atoms with E-state index in [1.54, 1.807) is 6.92 Å². The van der Waals surface area contributed by atoms with Crippen molar-refractivity contribution >= 4 is 11.8 Å².